The van der Waals surface area contributed by atoms with Crippen LogP contribution in [0.4, 0.5) is 17.3 Å². The van der Waals surface area contributed by atoms with E-state index in [4.69, 9.17) is 9.40 Å². The van der Waals surface area contributed by atoms with Crippen molar-refractivity contribution >= 4 is 28.4 Å². The lowest BCUT2D eigenvalue weighted by Gasteiger charge is -2.20. The quantitative estimate of drug-likeness (QED) is 0.223. The van der Waals surface area contributed by atoms with E-state index in [2.05, 4.69) is 32.4 Å². The van der Waals surface area contributed by atoms with Crippen LogP contribution in [0.15, 0.2) is 76.6 Å². The van der Waals surface area contributed by atoms with Crippen LogP contribution in [0, 0.1) is 6.92 Å². The third-order valence-corrected chi connectivity index (χ3v) is 6.24. The number of aromatic nitrogens is 6. The Hall–Kier alpha value is -4.77. The highest BCUT2D eigenvalue weighted by Gasteiger charge is 2.19. The molecule has 0 radical (unpaired) electrons. The van der Waals surface area contributed by atoms with Crippen molar-refractivity contribution in [3.8, 4) is 11.5 Å². The maximum Gasteiger partial charge on any atom is 0.276 e. The van der Waals surface area contributed by atoms with Crippen molar-refractivity contribution in [2.45, 2.75) is 39.4 Å². The number of nitrogens with zero attached hydrogens (tertiary/aromatic N) is 6. The van der Waals surface area contributed by atoms with E-state index in [0.717, 1.165) is 5.56 Å². The van der Waals surface area contributed by atoms with Crippen molar-refractivity contribution in [2.75, 3.05) is 17.2 Å². The van der Waals surface area contributed by atoms with E-state index in [1.54, 1.807) is 42.1 Å². The molecule has 5 rings (SSSR count). The highest BCUT2D eigenvalue weighted by molar-refractivity contribution is 5.79. The van der Waals surface area contributed by atoms with Crippen LogP contribution in [0.25, 0.3) is 22.5 Å². The highest BCUT2D eigenvalue weighted by atomic mass is 16.4. The Morgan fingerprint density at radius 3 is 2.59 bits per heavy atom. The summed E-state index contributed by atoms with van der Waals surface area (Å²) < 4.78 is 9.18. The third kappa shape index (κ3) is 5.16. The van der Waals surface area contributed by atoms with Gasteiger partial charge in [0.1, 0.15) is 11.6 Å². The molecule has 1 atom stereocenters. The zero-order valence-corrected chi connectivity index (χ0v) is 22.0. The Bertz CT molecular complexity index is 1670. The summed E-state index contributed by atoms with van der Waals surface area (Å²) in [4.78, 5) is 22.2. The Kier molecular flexibility index (Phi) is 7.24. The van der Waals surface area contributed by atoms with E-state index in [0.29, 0.717) is 52.2 Å². The van der Waals surface area contributed by atoms with Gasteiger partial charge in [-0.3, -0.25) is 9.48 Å². The second-order valence-corrected chi connectivity index (χ2v) is 9.34. The third-order valence-electron chi connectivity index (χ3n) is 6.24. The molecular formula is C28H30N8O3. The number of fused-ring (bicyclic) bond motifs is 1. The molecule has 0 spiro atoms. The monoisotopic (exact) mass is 526 g/mol. The van der Waals surface area contributed by atoms with Crippen LogP contribution in [-0.2, 0) is 6.54 Å². The molecule has 11 heteroatoms. The summed E-state index contributed by atoms with van der Waals surface area (Å²) >= 11 is 0. The smallest absolute Gasteiger partial charge is 0.276 e. The van der Waals surface area contributed by atoms with E-state index in [1.807, 2.05) is 48.9 Å². The van der Waals surface area contributed by atoms with Crippen LogP contribution < -0.4 is 16.2 Å². The number of aliphatic hydroxyl groups excluding tert-OH is 1. The van der Waals surface area contributed by atoms with Gasteiger partial charge in [0, 0.05) is 25.2 Å². The van der Waals surface area contributed by atoms with Crippen molar-refractivity contribution in [2.24, 2.45) is 0 Å². The predicted molar refractivity (Wildman–Crippen MR) is 150 cm³/mol. The number of rotatable bonds is 10. The molecule has 11 nitrogen and oxygen atoms in total. The van der Waals surface area contributed by atoms with Gasteiger partial charge in [-0.1, -0.05) is 36.4 Å². The molecule has 200 valence electrons. The molecule has 4 aromatic heterocycles. The second-order valence-electron chi connectivity index (χ2n) is 9.34. The average Bonchev–Trinajstić information content (AvgIpc) is 3.48. The number of aliphatic hydroxyl groups is 1. The van der Waals surface area contributed by atoms with Gasteiger partial charge in [-0.05, 0) is 31.5 Å². The molecule has 0 saturated carbocycles. The Morgan fingerprint density at radius 1 is 1.13 bits per heavy atom. The summed E-state index contributed by atoms with van der Waals surface area (Å²) in [6, 6.07) is 14.6. The molecule has 0 amide bonds. The fourth-order valence-electron chi connectivity index (χ4n) is 4.48. The molecule has 0 aliphatic heterocycles. The molecule has 4 heterocycles. The van der Waals surface area contributed by atoms with E-state index >= 15 is 0 Å². The number of pyridine rings is 2. The standard InChI is InChI=1S/C28H30N8O3/c1-5-13-35-28(38)20-11-12-24(32-26(20)36(35)17(2)3)31-25-14-22(21(15-29-25)27-34-33-18(4)39-27)30-23(16-37)19-9-7-6-8-10-19/h5-12,14-15,17,23,37H,1,13,16H2,2-4H3,(H2,29,30,31,32)/t23-/m1/s1. The number of anilines is 3. The SMILES string of the molecule is C=CCn1c(=O)c2ccc(Nc3cc(N[C@H](CO)c4ccccc4)c(-c4nnc(C)o4)cn3)nc2n1C(C)C. The first kappa shape index (κ1) is 25.9. The Balaban J connectivity index is 1.54. The molecule has 0 aliphatic carbocycles. The van der Waals surface area contributed by atoms with E-state index in [1.165, 1.54) is 0 Å². The normalized spacial score (nSPS) is 12.1. The van der Waals surface area contributed by atoms with Crippen molar-refractivity contribution in [3.05, 3.63) is 89.2 Å². The summed E-state index contributed by atoms with van der Waals surface area (Å²) in [6.45, 7) is 9.75. The van der Waals surface area contributed by atoms with Crippen molar-refractivity contribution in [3.63, 3.8) is 0 Å². The molecule has 1 aromatic carbocycles. The number of nitrogens with one attached hydrogen (secondary N) is 2. The molecule has 0 bridgehead atoms. The summed E-state index contributed by atoms with van der Waals surface area (Å²) in [7, 11) is 0. The minimum Gasteiger partial charge on any atom is -0.421 e. The fraction of sp³-hybridized carbons (Fsp3) is 0.250. The summed E-state index contributed by atoms with van der Waals surface area (Å²) in [5, 5.41) is 25.4. The maximum atomic E-state index is 13.0. The fourth-order valence-corrected chi connectivity index (χ4v) is 4.48. The number of aryl methyl sites for hydroxylation is 1. The van der Waals surface area contributed by atoms with Crippen LogP contribution in [0.2, 0.25) is 0 Å². The molecule has 0 saturated heterocycles. The van der Waals surface area contributed by atoms with Gasteiger partial charge in [-0.15, -0.1) is 16.8 Å². The van der Waals surface area contributed by atoms with Gasteiger partial charge >= 0.3 is 0 Å². The second kappa shape index (κ2) is 10.9. The van der Waals surface area contributed by atoms with Crippen LogP contribution in [0.1, 0.15) is 37.4 Å². The topological polar surface area (TPSA) is 136 Å². The first-order valence-corrected chi connectivity index (χ1v) is 12.6. The molecular weight excluding hydrogens is 496 g/mol. The van der Waals surface area contributed by atoms with Crippen molar-refractivity contribution in [1.29, 1.82) is 0 Å². The minimum absolute atomic E-state index is 0.0115. The van der Waals surface area contributed by atoms with Crippen LogP contribution in [-0.4, -0.2) is 41.2 Å². The lowest BCUT2D eigenvalue weighted by molar-refractivity contribution is 0.276. The van der Waals surface area contributed by atoms with Crippen molar-refractivity contribution < 1.29 is 9.52 Å². The largest absolute Gasteiger partial charge is 0.421 e. The van der Waals surface area contributed by atoms with Gasteiger partial charge in [0.15, 0.2) is 5.65 Å². The summed E-state index contributed by atoms with van der Waals surface area (Å²) in [5.41, 5.74) is 2.60. The molecule has 0 fully saturated rings. The zero-order valence-electron chi connectivity index (χ0n) is 22.0. The molecule has 3 N–H and O–H groups in total. The van der Waals surface area contributed by atoms with Gasteiger partial charge in [-0.25, -0.2) is 14.6 Å². The lowest BCUT2D eigenvalue weighted by atomic mass is 10.1. The molecule has 0 unspecified atom stereocenters. The first-order valence-electron chi connectivity index (χ1n) is 12.6. The first-order chi connectivity index (χ1) is 18.9. The number of benzene rings is 1. The van der Waals surface area contributed by atoms with Crippen LogP contribution >= 0.6 is 0 Å². The average molecular weight is 527 g/mol. The molecule has 5 aromatic rings. The zero-order chi connectivity index (χ0) is 27.5. The maximum absolute atomic E-state index is 13.0. The van der Waals surface area contributed by atoms with Gasteiger partial charge in [-0.2, -0.15) is 0 Å². The highest BCUT2D eigenvalue weighted by Crippen LogP contribution is 2.32. The number of hydrogen-bond donors (Lipinski definition) is 3. The minimum atomic E-state index is -0.385. The van der Waals surface area contributed by atoms with E-state index < -0.39 is 0 Å². The summed E-state index contributed by atoms with van der Waals surface area (Å²) in [6.07, 6.45) is 3.32. The van der Waals surface area contributed by atoms with Gasteiger partial charge in [0.05, 0.1) is 35.8 Å². The van der Waals surface area contributed by atoms with E-state index in [-0.39, 0.29) is 24.2 Å². The number of allylic oxidation sites excluding steroid dienone is 1. The predicted octanol–water partition coefficient (Wildman–Crippen LogP) is 4.61. The van der Waals surface area contributed by atoms with E-state index in [9.17, 15) is 9.90 Å². The Labute approximate surface area is 224 Å². The molecule has 39 heavy (non-hydrogen) atoms. The van der Waals surface area contributed by atoms with Gasteiger partial charge in [0.2, 0.25) is 5.89 Å². The summed E-state index contributed by atoms with van der Waals surface area (Å²) in [5.74, 6) is 1.76. The lowest BCUT2D eigenvalue weighted by Crippen LogP contribution is -2.23. The van der Waals surface area contributed by atoms with Crippen molar-refractivity contribution in [1.82, 2.24) is 29.5 Å². The Morgan fingerprint density at radius 2 is 1.92 bits per heavy atom. The molecule has 0 aliphatic rings. The number of hydrogen-bond acceptors (Lipinski definition) is 9. The van der Waals surface area contributed by atoms with Crippen LogP contribution in [0.5, 0.6) is 0 Å². The van der Waals surface area contributed by atoms with Gasteiger partial charge < -0.3 is 20.2 Å². The van der Waals surface area contributed by atoms with Crippen LogP contribution in [0.3, 0.4) is 0 Å². The van der Waals surface area contributed by atoms with Gasteiger partial charge in [0.25, 0.3) is 11.4 Å².